The van der Waals surface area contributed by atoms with E-state index in [0.717, 1.165) is 19.6 Å². The number of ether oxygens (including phenoxy) is 1. The standard InChI is InChI=1S/C17H21NOS/c1-13(16-8-5-11-20-16)18-12-15-9-10-19-17(15)14-6-3-2-4-7-14/h2-8,11,13,15,17-18H,9-10,12H2,1H3/t13-,15-,17-/m0/s1. The maximum atomic E-state index is 5.94. The molecular weight excluding hydrogens is 266 g/mol. The van der Waals surface area contributed by atoms with Gasteiger partial charge in [0.1, 0.15) is 0 Å². The van der Waals surface area contributed by atoms with Gasteiger partial charge in [-0.3, -0.25) is 0 Å². The molecule has 1 N–H and O–H groups in total. The van der Waals surface area contributed by atoms with Gasteiger partial charge in [-0.1, -0.05) is 36.4 Å². The van der Waals surface area contributed by atoms with Gasteiger partial charge in [-0.2, -0.15) is 0 Å². The highest BCUT2D eigenvalue weighted by Crippen LogP contribution is 2.34. The molecule has 3 atom stereocenters. The Morgan fingerprint density at radius 2 is 2.10 bits per heavy atom. The molecule has 1 saturated heterocycles. The van der Waals surface area contributed by atoms with E-state index in [1.807, 2.05) is 11.3 Å². The van der Waals surface area contributed by atoms with Crippen LogP contribution in [0.25, 0.3) is 0 Å². The number of thiophene rings is 1. The lowest BCUT2D eigenvalue weighted by Gasteiger charge is -2.21. The Kier molecular flexibility index (Phi) is 4.51. The average Bonchev–Trinajstić information content (AvgIpc) is 3.17. The van der Waals surface area contributed by atoms with Crippen molar-refractivity contribution in [2.75, 3.05) is 13.2 Å². The summed E-state index contributed by atoms with van der Waals surface area (Å²) in [6.07, 6.45) is 1.39. The third-order valence-electron chi connectivity index (χ3n) is 4.00. The van der Waals surface area contributed by atoms with E-state index in [-0.39, 0.29) is 6.10 Å². The number of rotatable bonds is 5. The lowest BCUT2D eigenvalue weighted by molar-refractivity contribution is 0.0900. The van der Waals surface area contributed by atoms with Crippen molar-refractivity contribution in [1.29, 1.82) is 0 Å². The first-order valence-electron chi connectivity index (χ1n) is 7.28. The van der Waals surface area contributed by atoms with Crippen LogP contribution in [0.5, 0.6) is 0 Å². The summed E-state index contributed by atoms with van der Waals surface area (Å²) in [5.74, 6) is 0.569. The van der Waals surface area contributed by atoms with Crippen LogP contribution < -0.4 is 5.32 Å². The lowest BCUT2D eigenvalue weighted by atomic mass is 9.95. The molecule has 1 fully saturated rings. The van der Waals surface area contributed by atoms with Gasteiger partial charge in [0.05, 0.1) is 6.10 Å². The molecule has 3 heteroatoms. The van der Waals surface area contributed by atoms with Crippen molar-refractivity contribution in [2.24, 2.45) is 5.92 Å². The largest absolute Gasteiger partial charge is 0.373 e. The van der Waals surface area contributed by atoms with Gasteiger partial charge in [-0.05, 0) is 30.4 Å². The fourth-order valence-corrected chi connectivity index (χ4v) is 3.58. The van der Waals surface area contributed by atoms with Gasteiger partial charge >= 0.3 is 0 Å². The average molecular weight is 287 g/mol. The Hall–Kier alpha value is -1.16. The Morgan fingerprint density at radius 3 is 2.85 bits per heavy atom. The summed E-state index contributed by atoms with van der Waals surface area (Å²) in [5.41, 5.74) is 1.31. The fourth-order valence-electron chi connectivity index (χ4n) is 2.82. The van der Waals surface area contributed by atoms with Gasteiger partial charge in [0, 0.05) is 30.0 Å². The molecule has 3 rings (SSSR count). The quantitative estimate of drug-likeness (QED) is 0.891. The predicted octanol–water partition coefficient (Wildman–Crippen LogP) is 4.18. The predicted molar refractivity (Wildman–Crippen MR) is 84.0 cm³/mol. The van der Waals surface area contributed by atoms with Crippen molar-refractivity contribution in [1.82, 2.24) is 5.32 Å². The Balaban J connectivity index is 1.59. The van der Waals surface area contributed by atoms with Crippen LogP contribution in [0.15, 0.2) is 47.8 Å². The molecule has 0 aliphatic carbocycles. The third kappa shape index (κ3) is 3.11. The first-order chi connectivity index (χ1) is 9.84. The highest BCUT2D eigenvalue weighted by molar-refractivity contribution is 7.10. The van der Waals surface area contributed by atoms with Crippen molar-refractivity contribution in [3.8, 4) is 0 Å². The molecule has 1 aromatic heterocycles. The molecule has 106 valence electrons. The minimum absolute atomic E-state index is 0.249. The molecule has 1 aliphatic rings. The van der Waals surface area contributed by atoms with Gasteiger partial charge < -0.3 is 10.1 Å². The SMILES string of the molecule is C[C@H](NC[C@@H]1CCO[C@H]1c1ccccc1)c1cccs1. The second-order valence-corrected chi connectivity index (χ2v) is 6.38. The van der Waals surface area contributed by atoms with E-state index in [2.05, 4.69) is 60.1 Å². The number of nitrogens with one attached hydrogen (secondary N) is 1. The highest BCUT2D eigenvalue weighted by atomic mass is 32.1. The summed E-state index contributed by atoms with van der Waals surface area (Å²) in [6, 6.07) is 15.3. The summed E-state index contributed by atoms with van der Waals surface area (Å²) in [6.45, 7) is 4.12. The molecule has 0 saturated carbocycles. The summed E-state index contributed by atoms with van der Waals surface area (Å²) >= 11 is 1.82. The summed E-state index contributed by atoms with van der Waals surface area (Å²) in [5, 5.41) is 5.79. The van der Waals surface area contributed by atoms with Crippen LogP contribution in [0.4, 0.5) is 0 Å². The van der Waals surface area contributed by atoms with Crippen LogP contribution >= 0.6 is 11.3 Å². The van der Waals surface area contributed by atoms with Crippen molar-refractivity contribution >= 4 is 11.3 Å². The molecule has 20 heavy (non-hydrogen) atoms. The Labute approximate surface area is 124 Å². The molecule has 0 radical (unpaired) electrons. The summed E-state index contributed by atoms with van der Waals surface area (Å²) < 4.78 is 5.94. The smallest absolute Gasteiger partial charge is 0.0866 e. The van der Waals surface area contributed by atoms with Crippen LogP contribution in [0.3, 0.4) is 0 Å². The minimum atomic E-state index is 0.249. The molecule has 2 heterocycles. The van der Waals surface area contributed by atoms with Crippen LogP contribution in [0, 0.1) is 5.92 Å². The van der Waals surface area contributed by atoms with E-state index >= 15 is 0 Å². The summed E-state index contributed by atoms with van der Waals surface area (Å²) in [7, 11) is 0. The molecular formula is C17H21NOS. The first kappa shape index (κ1) is 13.8. The molecule has 0 amide bonds. The number of hydrogen-bond acceptors (Lipinski definition) is 3. The normalized spacial score (nSPS) is 23.9. The van der Waals surface area contributed by atoms with Crippen molar-refractivity contribution in [2.45, 2.75) is 25.5 Å². The van der Waals surface area contributed by atoms with Crippen molar-refractivity contribution in [3.63, 3.8) is 0 Å². The third-order valence-corrected chi connectivity index (χ3v) is 5.05. The van der Waals surface area contributed by atoms with Gasteiger partial charge in [-0.25, -0.2) is 0 Å². The molecule has 0 unspecified atom stereocenters. The van der Waals surface area contributed by atoms with Gasteiger partial charge in [0.2, 0.25) is 0 Å². The zero-order chi connectivity index (χ0) is 13.8. The molecule has 0 spiro atoms. The van der Waals surface area contributed by atoms with Crippen LogP contribution in [0.1, 0.15) is 35.9 Å². The van der Waals surface area contributed by atoms with Gasteiger partial charge in [0.15, 0.2) is 0 Å². The van der Waals surface area contributed by atoms with Gasteiger partial charge in [0.25, 0.3) is 0 Å². The zero-order valence-corrected chi connectivity index (χ0v) is 12.6. The number of benzene rings is 1. The maximum absolute atomic E-state index is 5.94. The zero-order valence-electron chi connectivity index (χ0n) is 11.8. The monoisotopic (exact) mass is 287 g/mol. The maximum Gasteiger partial charge on any atom is 0.0866 e. The van der Waals surface area contributed by atoms with Crippen molar-refractivity contribution in [3.05, 3.63) is 58.3 Å². The van der Waals surface area contributed by atoms with Crippen LogP contribution in [-0.2, 0) is 4.74 Å². The van der Waals surface area contributed by atoms with E-state index in [9.17, 15) is 0 Å². The lowest BCUT2D eigenvalue weighted by Crippen LogP contribution is -2.27. The second-order valence-electron chi connectivity index (χ2n) is 5.40. The van der Waals surface area contributed by atoms with Gasteiger partial charge in [-0.15, -0.1) is 11.3 Å². The molecule has 2 nitrogen and oxygen atoms in total. The van der Waals surface area contributed by atoms with Crippen LogP contribution in [0.2, 0.25) is 0 Å². The molecule has 1 aliphatic heterocycles. The Morgan fingerprint density at radius 1 is 1.25 bits per heavy atom. The fraction of sp³-hybridized carbons (Fsp3) is 0.412. The van der Waals surface area contributed by atoms with Crippen molar-refractivity contribution < 1.29 is 4.74 Å². The van der Waals surface area contributed by atoms with E-state index in [4.69, 9.17) is 4.74 Å². The van der Waals surface area contributed by atoms with E-state index in [1.165, 1.54) is 10.4 Å². The number of hydrogen-bond donors (Lipinski definition) is 1. The first-order valence-corrected chi connectivity index (χ1v) is 8.16. The second kappa shape index (κ2) is 6.53. The summed E-state index contributed by atoms with van der Waals surface area (Å²) in [4.78, 5) is 1.40. The van der Waals surface area contributed by atoms with E-state index in [0.29, 0.717) is 12.0 Å². The minimum Gasteiger partial charge on any atom is -0.373 e. The molecule has 2 aromatic rings. The molecule has 1 aromatic carbocycles. The Bertz CT molecular complexity index is 511. The topological polar surface area (TPSA) is 21.3 Å². The van der Waals surface area contributed by atoms with Crippen LogP contribution in [-0.4, -0.2) is 13.2 Å². The van der Waals surface area contributed by atoms with E-state index < -0.39 is 0 Å². The van der Waals surface area contributed by atoms with E-state index in [1.54, 1.807) is 0 Å². The molecule has 0 bridgehead atoms. The highest BCUT2D eigenvalue weighted by Gasteiger charge is 2.29.